The van der Waals surface area contributed by atoms with Gasteiger partial charge in [0.1, 0.15) is 5.01 Å². The Hall–Kier alpha value is -0.670. The van der Waals surface area contributed by atoms with Gasteiger partial charge in [0, 0.05) is 31.6 Å². The van der Waals surface area contributed by atoms with E-state index in [1.165, 1.54) is 4.31 Å². The number of hydrogen-bond acceptors (Lipinski definition) is 5. The van der Waals surface area contributed by atoms with Crippen LogP contribution in [0.3, 0.4) is 0 Å². The summed E-state index contributed by atoms with van der Waals surface area (Å²) < 4.78 is 62.4. The molecule has 0 saturated carbocycles. The molecular formula is C13H21F3IN5O2S2. The summed E-state index contributed by atoms with van der Waals surface area (Å²) >= 11 is 0.899. The second kappa shape index (κ2) is 10.0. The zero-order valence-corrected chi connectivity index (χ0v) is 18.0. The molecule has 0 amide bonds. The van der Waals surface area contributed by atoms with Gasteiger partial charge in [0.2, 0.25) is 10.0 Å². The molecule has 26 heavy (non-hydrogen) atoms. The lowest BCUT2D eigenvalue weighted by atomic mass is 10.5. The van der Waals surface area contributed by atoms with Gasteiger partial charge in [0.05, 0.1) is 12.3 Å². The van der Waals surface area contributed by atoms with E-state index >= 15 is 0 Å². The van der Waals surface area contributed by atoms with Crippen molar-refractivity contribution in [3.63, 3.8) is 0 Å². The van der Waals surface area contributed by atoms with Gasteiger partial charge in [0.25, 0.3) is 0 Å². The Balaban J connectivity index is 0.00000338. The van der Waals surface area contributed by atoms with Crippen LogP contribution in [-0.4, -0.2) is 55.6 Å². The molecule has 2 N–H and O–H groups in total. The van der Waals surface area contributed by atoms with Crippen molar-refractivity contribution in [2.24, 2.45) is 4.99 Å². The van der Waals surface area contributed by atoms with Crippen molar-refractivity contribution in [3.05, 3.63) is 16.1 Å². The average molecular weight is 527 g/mol. The highest BCUT2D eigenvalue weighted by molar-refractivity contribution is 14.0. The van der Waals surface area contributed by atoms with Gasteiger partial charge in [-0.1, -0.05) is 0 Å². The molecule has 2 heterocycles. The molecule has 0 spiro atoms. The van der Waals surface area contributed by atoms with E-state index in [4.69, 9.17) is 0 Å². The van der Waals surface area contributed by atoms with Gasteiger partial charge in [-0.2, -0.15) is 13.2 Å². The van der Waals surface area contributed by atoms with Crippen molar-refractivity contribution >= 4 is 51.3 Å². The van der Waals surface area contributed by atoms with Crippen LogP contribution in [0, 0.1) is 0 Å². The minimum atomic E-state index is -4.46. The summed E-state index contributed by atoms with van der Waals surface area (Å²) in [6.07, 6.45) is -3.83. The zero-order valence-electron chi connectivity index (χ0n) is 14.0. The van der Waals surface area contributed by atoms with E-state index in [1.807, 2.05) is 6.92 Å². The number of rotatable bonds is 6. The standard InChI is InChI=1S/C13H20F3N5O2S2.HI/c1-2-17-12(18-4-6-21-5-3-7-25(21,22)23)19-8-11-20-10(9-24-11)13(14,15)16;/h9H,2-8H2,1H3,(H2,17,18,19);1H. The van der Waals surface area contributed by atoms with Crippen molar-refractivity contribution < 1.29 is 21.6 Å². The highest BCUT2D eigenvalue weighted by Gasteiger charge is 2.33. The molecule has 1 fully saturated rings. The number of aromatic nitrogens is 1. The van der Waals surface area contributed by atoms with Crippen LogP contribution < -0.4 is 10.6 Å². The van der Waals surface area contributed by atoms with Gasteiger partial charge in [-0.3, -0.25) is 0 Å². The topological polar surface area (TPSA) is 86.7 Å². The molecule has 0 radical (unpaired) electrons. The van der Waals surface area contributed by atoms with E-state index in [0.717, 1.165) is 16.7 Å². The second-order valence-corrected chi connectivity index (χ2v) is 8.35. The quantitative estimate of drug-likeness (QED) is 0.335. The van der Waals surface area contributed by atoms with Crippen molar-refractivity contribution in [1.29, 1.82) is 0 Å². The van der Waals surface area contributed by atoms with E-state index in [9.17, 15) is 21.6 Å². The molecule has 0 bridgehead atoms. The molecule has 13 heteroatoms. The summed E-state index contributed by atoms with van der Waals surface area (Å²) in [5.74, 6) is 0.579. The van der Waals surface area contributed by atoms with E-state index in [0.29, 0.717) is 38.6 Å². The molecule has 1 aromatic heterocycles. The van der Waals surface area contributed by atoms with Crippen LogP contribution in [0.5, 0.6) is 0 Å². The summed E-state index contributed by atoms with van der Waals surface area (Å²) in [6, 6.07) is 0. The Morgan fingerprint density at radius 3 is 2.69 bits per heavy atom. The van der Waals surface area contributed by atoms with E-state index in [2.05, 4.69) is 20.6 Å². The molecule has 1 aliphatic rings. The third kappa shape index (κ3) is 6.81. The fourth-order valence-electron chi connectivity index (χ4n) is 2.24. The van der Waals surface area contributed by atoms with Crippen molar-refractivity contribution in [2.45, 2.75) is 26.1 Å². The van der Waals surface area contributed by atoms with E-state index in [1.54, 1.807) is 0 Å². The molecule has 1 saturated heterocycles. The first-order chi connectivity index (χ1) is 11.7. The Morgan fingerprint density at radius 1 is 1.42 bits per heavy atom. The number of hydrogen-bond donors (Lipinski definition) is 2. The number of nitrogens with zero attached hydrogens (tertiary/aromatic N) is 3. The van der Waals surface area contributed by atoms with Crippen LogP contribution in [0.1, 0.15) is 24.0 Å². The highest BCUT2D eigenvalue weighted by Crippen LogP contribution is 2.30. The normalized spacial score (nSPS) is 17.8. The average Bonchev–Trinajstić information content (AvgIpc) is 3.11. The minimum absolute atomic E-state index is 0. The van der Waals surface area contributed by atoms with Gasteiger partial charge >= 0.3 is 6.18 Å². The first-order valence-electron chi connectivity index (χ1n) is 7.74. The maximum Gasteiger partial charge on any atom is 0.434 e. The van der Waals surface area contributed by atoms with E-state index in [-0.39, 0.29) is 41.3 Å². The van der Waals surface area contributed by atoms with Gasteiger partial charge in [-0.25, -0.2) is 22.7 Å². The van der Waals surface area contributed by atoms with Crippen molar-refractivity contribution in [3.8, 4) is 0 Å². The monoisotopic (exact) mass is 527 g/mol. The molecule has 0 atom stereocenters. The first kappa shape index (κ1) is 23.4. The molecule has 1 aliphatic heterocycles. The smallest absolute Gasteiger partial charge is 0.357 e. The van der Waals surface area contributed by atoms with Crippen LogP contribution in [-0.2, 0) is 22.7 Å². The molecule has 0 unspecified atom stereocenters. The summed E-state index contributed by atoms with van der Waals surface area (Å²) in [4.78, 5) is 7.71. The highest BCUT2D eigenvalue weighted by atomic mass is 127. The van der Waals surface area contributed by atoms with Crippen LogP contribution >= 0.6 is 35.3 Å². The van der Waals surface area contributed by atoms with Gasteiger partial charge < -0.3 is 10.6 Å². The molecule has 150 valence electrons. The van der Waals surface area contributed by atoms with Crippen LogP contribution in [0.4, 0.5) is 13.2 Å². The fourth-order valence-corrected chi connectivity index (χ4v) is 4.50. The SMILES string of the molecule is CCNC(=NCc1nc(C(F)(F)F)cs1)NCCN1CCCS1(=O)=O.I. The molecule has 1 aromatic rings. The molecule has 2 rings (SSSR count). The third-order valence-corrected chi connectivity index (χ3v) is 6.21. The lowest BCUT2D eigenvalue weighted by Crippen LogP contribution is -2.42. The molecule has 0 aliphatic carbocycles. The minimum Gasteiger partial charge on any atom is -0.357 e. The second-order valence-electron chi connectivity index (χ2n) is 5.31. The van der Waals surface area contributed by atoms with Crippen LogP contribution in [0.25, 0.3) is 0 Å². The number of thiazole rings is 1. The number of aliphatic imine (C=N–C) groups is 1. The summed E-state index contributed by atoms with van der Waals surface area (Å²) in [7, 11) is -3.15. The van der Waals surface area contributed by atoms with E-state index < -0.39 is 21.9 Å². The predicted octanol–water partition coefficient (Wildman–Crippen LogP) is 1.87. The Morgan fingerprint density at radius 2 is 2.15 bits per heavy atom. The van der Waals surface area contributed by atoms with Gasteiger partial charge in [-0.15, -0.1) is 35.3 Å². The number of halogens is 4. The lowest BCUT2D eigenvalue weighted by Gasteiger charge is -2.16. The molecule has 0 aromatic carbocycles. The Bertz CT molecular complexity index is 709. The first-order valence-corrected chi connectivity index (χ1v) is 10.2. The summed E-state index contributed by atoms with van der Waals surface area (Å²) in [5.41, 5.74) is -0.917. The predicted molar refractivity (Wildman–Crippen MR) is 105 cm³/mol. The summed E-state index contributed by atoms with van der Waals surface area (Å²) in [5, 5.41) is 7.16. The Kier molecular flexibility index (Phi) is 9.02. The molecular weight excluding hydrogens is 506 g/mol. The van der Waals surface area contributed by atoms with Crippen LogP contribution in [0.2, 0.25) is 0 Å². The number of nitrogens with one attached hydrogen (secondary N) is 2. The maximum atomic E-state index is 12.5. The number of alkyl halides is 3. The zero-order chi connectivity index (χ0) is 18.5. The van der Waals surface area contributed by atoms with Gasteiger partial charge in [0.15, 0.2) is 11.7 Å². The number of guanidine groups is 1. The van der Waals surface area contributed by atoms with Crippen molar-refractivity contribution in [1.82, 2.24) is 19.9 Å². The maximum absolute atomic E-state index is 12.5. The van der Waals surface area contributed by atoms with Crippen LogP contribution in [0.15, 0.2) is 10.4 Å². The molecule has 7 nitrogen and oxygen atoms in total. The Labute approximate surface area is 171 Å². The largest absolute Gasteiger partial charge is 0.434 e. The third-order valence-electron chi connectivity index (χ3n) is 3.42. The van der Waals surface area contributed by atoms with Crippen molar-refractivity contribution in [2.75, 3.05) is 31.9 Å². The van der Waals surface area contributed by atoms with Gasteiger partial charge in [-0.05, 0) is 13.3 Å². The lowest BCUT2D eigenvalue weighted by molar-refractivity contribution is -0.140. The fraction of sp³-hybridized carbons (Fsp3) is 0.692. The summed E-state index contributed by atoms with van der Waals surface area (Å²) in [6.45, 7) is 3.63. The number of sulfonamides is 1.